The zero-order valence-electron chi connectivity index (χ0n) is 19.7. The molecule has 2 aliphatic heterocycles. The van der Waals surface area contributed by atoms with E-state index in [-0.39, 0.29) is 37.1 Å². The first-order valence-corrected chi connectivity index (χ1v) is 12.3. The largest absolute Gasteiger partial charge is 0.489 e. The second kappa shape index (κ2) is 13.4. The van der Waals surface area contributed by atoms with Gasteiger partial charge in [0.1, 0.15) is 24.8 Å². The summed E-state index contributed by atoms with van der Waals surface area (Å²) in [7, 11) is 0. The molecule has 0 radical (unpaired) electrons. The number of nitrogens with one attached hydrogen (secondary N) is 1. The topological polar surface area (TPSA) is 109 Å². The van der Waals surface area contributed by atoms with Crippen LogP contribution >= 0.6 is 0 Å². The minimum atomic E-state index is -1.01. The minimum Gasteiger partial charge on any atom is -0.489 e. The van der Waals surface area contributed by atoms with Crippen molar-refractivity contribution in [2.45, 2.75) is 57.3 Å². The van der Waals surface area contributed by atoms with Crippen molar-refractivity contribution >= 4 is 17.7 Å². The zero-order chi connectivity index (χ0) is 24.3. The molecule has 1 aromatic heterocycles. The standard InChI is InChI=1S/C25H36FN3O5/c26-7-11-34-22-12-21(15-28-16-22)20(14-25(32)33)13-23(30)19-2-1-10-29(17-19)24(31)4-3-18-5-8-27-9-6-18/h12,15-16,18-20,27H,1-11,13-14,17H2,(H,32,33)/t19-,20+/m1/s1/i26-1. The third-order valence-electron chi connectivity index (χ3n) is 6.87. The van der Waals surface area contributed by atoms with Gasteiger partial charge in [-0.3, -0.25) is 19.4 Å². The zero-order valence-corrected chi connectivity index (χ0v) is 19.7. The van der Waals surface area contributed by atoms with Crippen LogP contribution in [-0.4, -0.2) is 72.1 Å². The Hall–Kier alpha value is -2.55. The second-order valence-electron chi connectivity index (χ2n) is 9.37. The van der Waals surface area contributed by atoms with Crippen LogP contribution < -0.4 is 10.1 Å². The van der Waals surface area contributed by atoms with Gasteiger partial charge in [-0.15, -0.1) is 0 Å². The summed E-state index contributed by atoms with van der Waals surface area (Å²) in [6, 6.07) is 1.63. The summed E-state index contributed by atoms with van der Waals surface area (Å²) in [5.74, 6) is -0.837. The molecule has 8 nitrogen and oxygen atoms in total. The number of halogens is 1. The number of carbonyl (C=O) groups is 3. The molecule has 0 bridgehead atoms. The molecule has 34 heavy (non-hydrogen) atoms. The number of pyridine rings is 1. The molecule has 1 amide bonds. The highest BCUT2D eigenvalue weighted by Gasteiger charge is 2.31. The van der Waals surface area contributed by atoms with Gasteiger partial charge in [-0.1, -0.05) is 0 Å². The molecule has 2 N–H and O–H groups in total. The van der Waals surface area contributed by atoms with Gasteiger partial charge in [0.2, 0.25) is 5.91 Å². The lowest BCUT2D eigenvalue weighted by atomic mass is 9.84. The molecule has 0 unspecified atom stereocenters. The fourth-order valence-electron chi connectivity index (χ4n) is 4.94. The number of Topliss-reactive ketones (excluding diaryl/α,β-unsaturated/α-hetero) is 1. The quantitative estimate of drug-likeness (QED) is 0.477. The highest BCUT2D eigenvalue weighted by molar-refractivity contribution is 5.84. The van der Waals surface area contributed by atoms with E-state index in [9.17, 15) is 23.9 Å². The molecule has 2 atom stereocenters. The first kappa shape index (κ1) is 26.1. The van der Waals surface area contributed by atoms with Crippen molar-refractivity contribution < 1.29 is 28.6 Å². The van der Waals surface area contributed by atoms with E-state index in [0.717, 1.165) is 38.8 Å². The molecule has 3 rings (SSSR count). The van der Waals surface area contributed by atoms with Crippen LogP contribution in [0, 0.1) is 11.8 Å². The number of nitrogens with zero attached hydrogens (tertiary/aromatic N) is 2. The van der Waals surface area contributed by atoms with Crippen molar-refractivity contribution in [1.29, 1.82) is 0 Å². The van der Waals surface area contributed by atoms with Crippen LogP contribution in [0.2, 0.25) is 0 Å². The van der Waals surface area contributed by atoms with Crippen LogP contribution in [0.3, 0.4) is 0 Å². The number of rotatable bonds is 12. The van der Waals surface area contributed by atoms with E-state index in [4.69, 9.17) is 4.74 Å². The molecule has 9 heteroatoms. The van der Waals surface area contributed by atoms with Gasteiger partial charge in [-0.2, -0.15) is 0 Å². The molecule has 2 aliphatic rings. The summed E-state index contributed by atoms with van der Waals surface area (Å²) >= 11 is 0. The average Bonchev–Trinajstić information content (AvgIpc) is 2.86. The molecule has 0 spiro atoms. The van der Waals surface area contributed by atoms with Gasteiger partial charge in [-0.25, -0.2) is 4.39 Å². The molecule has 2 fully saturated rings. The van der Waals surface area contributed by atoms with Gasteiger partial charge in [0.05, 0.1) is 12.6 Å². The van der Waals surface area contributed by atoms with Crippen molar-refractivity contribution in [3.63, 3.8) is 0 Å². The first-order chi connectivity index (χ1) is 16.5. The number of ketones is 1. The van der Waals surface area contributed by atoms with Crippen molar-refractivity contribution in [2.75, 3.05) is 39.5 Å². The summed E-state index contributed by atoms with van der Waals surface area (Å²) in [4.78, 5) is 43.3. The smallest absolute Gasteiger partial charge is 0.303 e. The Bertz CT molecular complexity index is 831. The summed E-state index contributed by atoms with van der Waals surface area (Å²) < 4.78 is 17.7. The number of carboxylic acid groups (broad SMARTS) is 1. The Morgan fingerprint density at radius 2 is 2.00 bits per heavy atom. The predicted octanol–water partition coefficient (Wildman–Crippen LogP) is 2.97. The number of likely N-dealkylation sites (tertiary alicyclic amines) is 1. The monoisotopic (exact) mass is 476 g/mol. The fraction of sp³-hybridized carbons (Fsp3) is 0.680. The number of hydrogen-bond acceptors (Lipinski definition) is 6. The van der Waals surface area contributed by atoms with E-state index in [1.807, 2.05) is 4.90 Å². The third kappa shape index (κ3) is 8.04. The van der Waals surface area contributed by atoms with E-state index in [0.29, 0.717) is 43.2 Å². The summed E-state index contributed by atoms with van der Waals surface area (Å²) in [6.07, 6.45) is 7.90. The maximum absolute atomic E-state index is 13.2. The van der Waals surface area contributed by atoms with Gasteiger partial charge in [0.15, 0.2) is 0 Å². The maximum atomic E-state index is 13.2. The van der Waals surface area contributed by atoms with Crippen LogP contribution in [-0.2, 0) is 14.4 Å². The SMILES string of the molecule is O=C(O)C[C@H](CC(=O)[C@@H]1CCCN(C(=O)CCC2CCNCC2)C1)c1cncc(OCC[18F])c1. The molecule has 188 valence electrons. The van der Waals surface area contributed by atoms with Crippen LogP contribution in [0.5, 0.6) is 5.75 Å². The van der Waals surface area contributed by atoms with Gasteiger partial charge in [0, 0.05) is 44.0 Å². The molecular formula is C25H36FN3O5. The summed E-state index contributed by atoms with van der Waals surface area (Å²) in [5, 5.41) is 12.7. The third-order valence-corrected chi connectivity index (χ3v) is 6.87. The van der Waals surface area contributed by atoms with Gasteiger partial charge in [-0.05, 0) is 62.7 Å². The van der Waals surface area contributed by atoms with Gasteiger partial charge in [0.25, 0.3) is 0 Å². The van der Waals surface area contributed by atoms with Crippen LogP contribution in [0.4, 0.5) is 4.39 Å². The number of ether oxygens (including phenoxy) is 1. The van der Waals surface area contributed by atoms with Gasteiger partial charge >= 0.3 is 5.97 Å². The Labute approximate surface area is 200 Å². The number of aliphatic carboxylic acids is 1. The molecule has 2 saturated heterocycles. The van der Waals surface area contributed by atoms with Crippen LogP contribution in [0.25, 0.3) is 0 Å². The number of carboxylic acids is 1. The van der Waals surface area contributed by atoms with Crippen LogP contribution in [0.15, 0.2) is 18.5 Å². The molecule has 0 aliphatic carbocycles. The van der Waals surface area contributed by atoms with E-state index in [2.05, 4.69) is 10.3 Å². The fourth-order valence-corrected chi connectivity index (χ4v) is 4.94. The predicted molar refractivity (Wildman–Crippen MR) is 124 cm³/mol. The van der Waals surface area contributed by atoms with Crippen molar-refractivity contribution in [1.82, 2.24) is 15.2 Å². The van der Waals surface area contributed by atoms with Crippen molar-refractivity contribution in [3.05, 3.63) is 24.0 Å². The molecule has 3 heterocycles. The lowest BCUT2D eigenvalue weighted by Gasteiger charge is -2.33. The highest BCUT2D eigenvalue weighted by Crippen LogP contribution is 2.30. The summed E-state index contributed by atoms with van der Waals surface area (Å²) in [6.45, 7) is 2.34. The molecule has 0 saturated carbocycles. The Kier molecular flexibility index (Phi) is 10.2. The number of carbonyl (C=O) groups excluding carboxylic acids is 2. The van der Waals surface area contributed by atoms with Crippen molar-refractivity contribution in [3.8, 4) is 5.75 Å². The number of amides is 1. The van der Waals surface area contributed by atoms with Crippen molar-refractivity contribution in [2.24, 2.45) is 11.8 Å². The minimum absolute atomic E-state index is 0.0304. The Balaban J connectivity index is 1.57. The van der Waals surface area contributed by atoms with E-state index in [1.165, 1.54) is 12.4 Å². The maximum Gasteiger partial charge on any atom is 0.303 e. The van der Waals surface area contributed by atoms with E-state index in [1.54, 1.807) is 6.07 Å². The second-order valence-corrected chi connectivity index (χ2v) is 9.37. The number of piperidine rings is 2. The summed E-state index contributed by atoms with van der Waals surface area (Å²) in [5.41, 5.74) is 0.581. The van der Waals surface area contributed by atoms with E-state index >= 15 is 0 Å². The highest BCUT2D eigenvalue weighted by atomic mass is 18.2. The Morgan fingerprint density at radius 1 is 1.21 bits per heavy atom. The Morgan fingerprint density at radius 3 is 2.74 bits per heavy atom. The number of aromatic nitrogens is 1. The lowest BCUT2D eigenvalue weighted by Crippen LogP contribution is -2.42. The number of alkyl halides is 1. The average molecular weight is 477 g/mol. The molecule has 0 aromatic carbocycles. The normalized spacial score (nSPS) is 20.0. The first-order valence-electron chi connectivity index (χ1n) is 12.3. The molecular weight excluding hydrogens is 440 g/mol. The molecule has 1 aromatic rings. The van der Waals surface area contributed by atoms with Gasteiger partial charge < -0.3 is 20.1 Å². The van der Waals surface area contributed by atoms with E-state index < -0.39 is 18.6 Å². The van der Waals surface area contributed by atoms with Crippen LogP contribution in [0.1, 0.15) is 62.8 Å². The lowest BCUT2D eigenvalue weighted by molar-refractivity contribution is -0.137. The number of hydrogen-bond donors (Lipinski definition) is 2.